The Labute approximate surface area is 78.4 Å². The highest BCUT2D eigenvalue weighted by Crippen LogP contribution is 1.98. The lowest BCUT2D eigenvalue weighted by molar-refractivity contribution is -0.701. The Morgan fingerprint density at radius 1 is 1.50 bits per heavy atom. The van der Waals surface area contributed by atoms with Crippen LogP contribution in [-0.4, -0.2) is 17.0 Å². The number of aryl methyl sites for hydroxylation is 2. The molecule has 1 aromatic heterocycles. The first-order valence-corrected chi connectivity index (χ1v) is 5.76. The van der Waals surface area contributed by atoms with E-state index in [1.165, 1.54) is 24.4 Å². The summed E-state index contributed by atoms with van der Waals surface area (Å²) in [5.74, 6) is 2.53. The molecule has 0 aliphatic heterocycles. The third kappa shape index (κ3) is 2.89. The largest absolute Gasteiger partial charge is 0.251 e. The predicted molar refractivity (Wildman–Crippen MR) is 53.3 cm³/mol. The van der Waals surface area contributed by atoms with Gasteiger partial charge in [-0.05, 0) is 24.9 Å². The van der Waals surface area contributed by atoms with E-state index in [1.54, 1.807) is 0 Å². The third-order valence-corrected chi connectivity index (χ3v) is 2.67. The first-order valence-electron chi connectivity index (χ1n) is 4.37. The molecular formula is C9H17N2S+. The van der Waals surface area contributed by atoms with Crippen molar-refractivity contribution in [2.24, 2.45) is 0 Å². The molecule has 3 heteroatoms. The third-order valence-electron chi connectivity index (χ3n) is 1.97. The van der Waals surface area contributed by atoms with Gasteiger partial charge in [-0.25, -0.2) is 9.55 Å². The number of nitrogens with one attached hydrogen (secondary N) is 1. The Kier molecular flexibility index (Phi) is 4.22. The lowest BCUT2D eigenvalue weighted by Gasteiger charge is -1.97. The maximum atomic E-state index is 3.17. The van der Waals surface area contributed by atoms with Crippen LogP contribution < -0.4 is 4.57 Å². The molecule has 1 heterocycles. The van der Waals surface area contributed by atoms with E-state index in [0.717, 1.165) is 6.54 Å². The van der Waals surface area contributed by atoms with Gasteiger partial charge in [-0.1, -0.05) is 0 Å². The second-order valence-electron chi connectivity index (χ2n) is 2.94. The molecule has 2 nitrogen and oxygen atoms in total. The molecule has 1 aromatic rings. The normalized spacial score (nSPS) is 10.5. The molecule has 0 aliphatic rings. The van der Waals surface area contributed by atoms with E-state index in [1.807, 2.05) is 18.0 Å². The lowest BCUT2D eigenvalue weighted by atomic mass is 10.3. The van der Waals surface area contributed by atoms with Gasteiger partial charge < -0.3 is 0 Å². The Hall–Kier alpha value is -0.440. The summed E-state index contributed by atoms with van der Waals surface area (Å²) in [7, 11) is 0. The van der Waals surface area contributed by atoms with E-state index < -0.39 is 0 Å². The molecule has 0 saturated carbocycles. The standard InChI is InChI=1S/C9H16N2S/c1-9-10-5-7-11(9)6-3-4-8-12-2/h5,7H,3-4,6,8H2,1-2H3/p+1. The van der Waals surface area contributed by atoms with Crippen molar-refractivity contribution in [3.05, 3.63) is 18.2 Å². The molecule has 12 heavy (non-hydrogen) atoms. The zero-order valence-corrected chi connectivity index (χ0v) is 8.66. The van der Waals surface area contributed by atoms with E-state index in [-0.39, 0.29) is 0 Å². The number of rotatable bonds is 5. The minimum absolute atomic E-state index is 1.15. The summed E-state index contributed by atoms with van der Waals surface area (Å²) in [5.41, 5.74) is 0. The Balaban J connectivity index is 2.20. The molecule has 0 atom stereocenters. The van der Waals surface area contributed by atoms with Gasteiger partial charge in [-0.2, -0.15) is 11.8 Å². The molecule has 1 N–H and O–H groups in total. The van der Waals surface area contributed by atoms with Crippen LogP contribution in [0.2, 0.25) is 0 Å². The zero-order chi connectivity index (χ0) is 8.81. The minimum atomic E-state index is 1.15. The van der Waals surface area contributed by atoms with Gasteiger partial charge in [-0.15, -0.1) is 0 Å². The van der Waals surface area contributed by atoms with E-state index in [0.29, 0.717) is 0 Å². The number of hydrogen-bond acceptors (Lipinski definition) is 1. The highest BCUT2D eigenvalue weighted by molar-refractivity contribution is 7.98. The van der Waals surface area contributed by atoms with Gasteiger partial charge >= 0.3 is 0 Å². The molecule has 1 rings (SSSR count). The fourth-order valence-corrected chi connectivity index (χ4v) is 1.71. The van der Waals surface area contributed by atoms with Crippen LogP contribution >= 0.6 is 11.8 Å². The first kappa shape index (κ1) is 9.65. The first-order chi connectivity index (χ1) is 5.84. The summed E-state index contributed by atoms with van der Waals surface area (Å²) in [6.07, 6.45) is 8.86. The monoisotopic (exact) mass is 185 g/mol. The van der Waals surface area contributed by atoms with Crippen LogP contribution in [0.25, 0.3) is 0 Å². The molecule has 0 radical (unpaired) electrons. The summed E-state index contributed by atoms with van der Waals surface area (Å²) in [5, 5.41) is 0. The van der Waals surface area contributed by atoms with Crippen molar-refractivity contribution in [1.82, 2.24) is 4.98 Å². The van der Waals surface area contributed by atoms with Crippen molar-refractivity contribution < 1.29 is 4.57 Å². The van der Waals surface area contributed by atoms with Gasteiger partial charge in [-0.3, -0.25) is 0 Å². The predicted octanol–water partition coefficient (Wildman–Crippen LogP) is 1.75. The molecule has 0 aliphatic carbocycles. The topological polar surface area (TPSA) is 19.7 Å². The van der Waals surface area contributed by atoms with E-state index in [4.69, 9.17) is 0 Å². The van der Waals surface area contributed by atoms with Crippen molar-refractivity contribution in [3.8, 4) is 0 Å². The van der Waals surface area contributed by atoms with Crippen molar-refractivity contribution >= 4 is 11.8 Å². The second kappa shape index (κ2) is 5.25. The number of imidazole rings is 1. The molecule has 0 fully saturated rings. The maximum Gasteiger partial charge on any atom is 0.251 e. The van der Waals surface area contributed by atoms with Crippen LogP contribution in [0, 0.1) is 6.92 Å². The molecule has 0 aromatic carbocycles. The number of thioether (sulfide) groups is 1. The van der Waals surface area contributed by atoms with Gasteiger partial charge in [0.2, 0.25) is 0 Å². The number of aromatic amines is 1. The van der Waals surface area contributed by atoms with Crippen LogP contribution in [0.15, 0.2) is 12.4 Å². The van der Waals surface area contributed by atoms with E-state index in [2.05, 4.69) is 28.9 Å². The summed E-state index contributed by atoms with van der Waals surface area (Å²) < 4.78 is 2.26. The van der Waals surface area contributed by atoms with Crippen molar-refractivity contribution in [3.63, 3.8) is 0 Å². The van der Waals surface area contributed by atoms with Gasteiger partial charge in [0.15, 0.2) is 0 Å². The molecule has 0 saturated heterocycles. The highest BCUT2D eigenvalue weighted by atomic mass is 32.2. The number of nitrogens with zero attached hydrogens (tertiary/aromatic N) is 1. The van der Waals surface area contributed by atoms with Crippen molar-refractivity contribution in [2.45, 2.75) is 26.3 Å². The molecule has 0 amide bonds. The summed E-state index contributed by atoms with van der Waals surface area (Å²) in [4.78, 5) is 3.17. The molecular weight excluding hydrogens is 168 g/mol. The Morgan fingerprint density at radius 3 is 2.92 bits per heavy atom. The average molecular weight is 185 g/mol. The molecule has 0 bridgehead atoms. The molecule has 0 unspecified atom stereocenters. The van der Waals surface area contributed by atoms with Crippen molar-refractivity contribution in [2.75, 3.05) is 12.0 Å². The van der Waals surface area contributed by atoms with Crippen LogP contribution in [0.1, 0.15) is 18.7 Å². The number of H-pyrrole nitrogens is 1. The number of hydrogen-bond donors (Lipinski definition) is 1. The van der Waals surface area contributed by atoms with Crippen LogP contribution in [-0.2, 0) is 6.54 Å². The summed E-state index contributed by atoms with van der Waals surface area (Å²) in [6.45, 7) is 3.25. The number of unbranched alkanes of at least 4 members (excludes halogenated alkanes) is 1. The molecule has 68 valence electrons. The maximum absolute atomic E-state index is 3.17. The smallest absolute Gasteiger partial charge is 0.248 e. The summed E-state index contributed by atoms with van der Waals surface area (Å²) >= 11 is 1.93. The van der Waals surface area contributed by atoms with Gasteiger partial charge in [0.1, 0.15) is 12.4 Å². The van der Waals surface area contributed by atoms with Crippen LogP contribution in [0.5, 0.6) is 0 Å². The fourth-order valence-electron chi connectivity index (χ4n) is 1.21. The van der Waals surface area contributed by atoms with Crippen molar-refractivity contribution in [1.29, 1.82) is 0 Å². The second-order valence-corrected chi connectivity index (χ2v) is 3.92. The van der Waals surface area contributed by atoms with E-state index in [9.17, 15) is 0 Å². The zero-order valence-electron chi connectivity index (χ0n) is 7.84. The SMILES string of the molecule is CSCCCC[n+]1cc[nH]c1C. The van der Waals surface area contributed by atoms with Gasteiger partial charge in [0.05, 0.1) is 6.54 Å². The van der Waals surface area contributed by atoms with Gasteiger partial charge in [0, 0.05) is 6.92 Å². The van der Waals surface area contributed by atoms with Crippen LogP contribution in [0.4, 0.5) is 0 Å². The molecule has 0 spiro atoms. The average Bonchev–Trinajstić information content (AvgIpc) is 2.46. The summed E-state index contributed by atoms with van der Waals surface area (Å²) in [6, 6.07) is 0. The van der Waals surface area contributed by atoms with Gasteiger partial charge in [0.25, 0.3) is 5.82 Å². The fraction of sp³-hybridized carbons (Fsp3) is 0.667. The van der Waals surface area contributed by atoms with Crippen LogP contribution in [0.3, 0.4) is 0 Å². The Morgan fingerprint density at radius 2 is 2.33 bits per heavy atom. The van der Waals surface area contributed by atoms with E-state index >= 15 is 0 Å². The Bertz CT molecular complexity index is 220. The lowest BCUT2D eigenvalue weighted by Crippen LogP contribution is -2.34. The number of aromatic nitrogens is 2. The minimum Gasteiger partial charge on any atom is -0.248 e. The quantitative estimate of drug-likeness (QED) is 0.547. The highest BCUT2D eigenvalue weighted by Gasteiger charge is 2.02.